The molecular weight excluding hydrogens is 214 g/mol. The van der Waals surface area contributed by atoms with E-state index in [0.717, 1.165) is 45.3 Å². The number of rotatable bonds is 3. The van der Waals surface area contributed by atoms with E-state index >= 15 is 0 Å². The molecule has 1 atom stereocenters. The van der Waals surface area contributed by atoms with Crippen LogP contribution in [0.15, 0.2) is 0 Å². The number of nitrogens with two attached hydrogens (primary N) is 1. The Morgan fingerprint density at radius 2 is 2.00 bits per heavy atom. The summed E-state index contributed by atoms with van der Waals surface area (Å²) in [5.74, 6) is 0.622. The Morgan fingerprint density at radius 1 is 1.24 bits per heavy atom. The molecule has 1 aliphatic heterocycles. The van der Waals surface area contributed by atoms with Crippen molar-refractivity contribution in [3.63, 3.8) is 0 Å². The molecule has 2 aliphatic rings. The second-order valence-electron chi connectivity index (χ2n) is 5.46. The first-order valence-corrected chi connectivity index (χ1v) is 7.05. The Balaban J connectivity index is 1.72. The van der Waals surface area contributed by atoms with Gasteiger partial charge in [0.15, 0.2) is 0 Å². The maximum absolute atomic E-state index is 12.0. The fourth-order valence-corrected chi connectivity index (χ4v) is 3.00. The van der Waals surface area contributed by atoms with Crippen LogP contribution in [0, 0.1) is 5.92 Å². The van der Waals surface area contributed by atoms with Gasteiger partial charge in [-0.1, -0.05) is 19.3 Å². The van der Waals surface area contributed by atoms with Gasteiger partial charge in [-0.2, -0.15) is 0 Å². The van der Waals surface area contributed by atoms with Crippen LogP contribution < -0.4 is 11.1 Å². The van der Waals surface area contributed by atoms with Gasteiger partial charge in [0, 0.05) is 19.1 Å². The number of urea groups is 1. The van der Waals surface area contributed by atoms with Gasteiger partial charge in [-0.15, -0.1) is 0 Å². The highest BCUT2D eigenvalue weighted by Crippen LogP contribution is 2.21. The van der Waals surface area contributed by atoms with Gasteiger partial charge in [0.2, 0.25) is 0 Å². The second kappa shape index (κ2) is 6.24. The molecule has 3 N–H and O–H groups in total. The molecule has 1 heterocycles. The van der Waals surface area contributed by atoms with Gasteiger partial charge in [0.1, 0.15) is 0 Å². The molecule has 2 rings (SSSR count). The Bertz CT molecular complexity index is 251. The van der Waals surface area contributed by atoms with Crippen LogP contribution in [-0.4, -0.2) is 36.6 Å². The van der Waals surface area contributed by atoms with E-state index < -0.39 is 0 Å². The van der Waals surface area contributed by atoms with Crippen LogP contribution in [0.1, 0.15) is 44.9 Å². The fourth-order valence-electron chi connectivity index (χ4n) is 3.00. The minimum atomic E-state index is 0.149. The predicted molar refractivity (Wildman–Crippen MR) is 68.8 cm³/mol. The van der Waals surface area contributed by atoms with Crippen molar-refractivity contribution in [2.75, 3.05) is 19.6 Å². The van der Waals surface area contributed by atoms with Gasteiger partial charge in [-0.25, -0.2) is 4.79 Å². The molecule has 17 heavy (non-hydrogen) atoms. The zero-order chi connectivity index (χ0) is 12.1. The third-order valence-electron chi connectivity index (χ3n) is 4.08. The quantitative estimate of drug-likeness (QED) is 0.787. The Labute approximate surface area is 104 Å². The Hall–Kier alpha value is -0.770. The van der Waals surface area contributed by atoms with Crippen molar-refractivity contribution >= 4 is 6.03 Å². The molecule has 0 spiro atoms. The van der Waals surface area contributed by atoms with Crippen LogP contribution in [0.4, 0.5) is 4.79 Å². The van der Waals surface area contributed by atoms with Crippen molar-refractivity contribution in [2.24, 2.45) is 11.7 Å². The molecule has 0 bridgehead atoms. The van der Waals surface area contributed by atoms with Gasteiger partial charge in [0.05, 0.1) is 0 Å². The van der Waals surface area contributed by atoms with Crippen LogP contribution in [0.3, 0.4) is 0 Å². The van der Waals surface area contributed by atoms with Crippen molar-refractivity contribution in [3.8, 4) is 0 Å². The molecular formula is C13H25N3O. The van der Waals surface area contributed by atoms with Crippen molar-refractivity contribution in [2.45, 2.75) is 51.0 Å². The number of likely N-dealkylation sites (tertiary alicyclic amines) is 1. The Morgan fingerprint density at radius 3 is 2.71 bits per heavy atom. The van der Waals surface area contributed by atoms with E-state index in [1.807, 2.05) is 4.90 Å². The molecule has 2 amide bonds. The van der Waals surface area contributed by atoms with E-state index in [9.17, 15) is 4.79 Å². The molecule has 98 valence electrons. The molecule has 2 fully saturated rings. The molecule has 4 heteroatoms. The lowest BCUT2D eigenvalue weighted by Crippen LogP contribution is -2.44. The molecule has 1 saturated carbocycles. The van der Waals surface area contributed by atoms with Crippen molar-refractivity contribution in [3.05, 3.63) is 0 Å². The summed E-state index contributed by atoms with van der Waals surface area (Å²) in [5.41, 5.74) is 5.56. The van der Waals surface area contributed by atoms with E-state index in [-0.39, 0.29) is 6.03 Å². The maximum atomic E-state index is 12.0. The summed E-state index contributed by atoms with van der Waals surface area (Å²) in [4.78, 5) is 14.0. The minimum Gasteiger partial charge on any atom is -0.335 e. The largest absolute Gasteiger partial charge is 0.335 e. The lowest BCUT2D eigenvalue weighted by atomic mass is 9.96. The van der Waals surface area contributed by atoms with E-state index in [2.05, 4.69) is 5.32 Å². The van der Waals surface area contributed by atoms with Gasteiger partial charge < -0.3 is 16.0 Å². The zero-order valence-electron chi connectivity index (χ0n) is 10.7. The lowest BCUT2D eigenvalue weighted by molar-refractivity contribution is 0.198. The van der Waals surface area contributed by atoms with Crippen molar-refractivity contribution < 1.29 is 4.79 Å². The summed E-state index contributed by atoms with van der Waals surface area (Å²) in [6, 6.07) is 0.571. The normalized spacial score (nSPS) is 26.2. The molecule has 1 aliphatic carbocycles. The zero-order valence-corrected chi connectivity index (χ0v) is 10.7. The number of hydrogen-bond donors (Lipinski definition) is 2. The molecule has 1 unspecified atom stereocenters. The van der Waals surface area contributed by atoms with E-state index in [0.29, 0.717) is 12.0 Å². The van der Waals surface area contributed by atoms with E-state index in [4.69, 9.17) is 5.73 Å². The molecule has 0 aromatic heterocycles. The smallest absolute Gasteiger partial charge is 0.317 e. The van der Waals surface area contributed by atoms with Crippen LogP contribution in [-0.2, 0) is 0 Å². The highest BCUT2D eigenvalue weighted by molar-refractivity contribution is 5.74. The van der Waals surface area contributed by atoms with Crippen LogP contribution in [0.25, 0.3) is 0 Å². The van der Waals surface area contributed by atoms with Crippen LogP contribution in [0.2, 0.25) is 0 Å². The number of carbonyl (C=O) groups is 1. The van der Waals surface area contributed by atoms with Crippen LogP contribution in [0.5, 0.6) is 0 Å². The monoisotopic (exact) mass is 239 g/mol. The van der Waals surface area contributed by atoms with Crippen molar-refractivity contribution in [1.29, 1.82) is 0 Å². The maximum Gasteiger partial charge on any atom is 0.317 e. The standard InChI is InChI=1S/C13H25N3O/c14-8-6-11-7-9-16(10-11)13(17)15-12-4-2-1-3-5-12/h11-12H,1-10,14H2,(H,15,17). The van der Waals surface area contributed by atoms with Crippen molar-refractivity contribution in [1.82, 2.24) is 10.2 Å². The van der Waals surface area contributed by atoms with Gasteiger partial charge in [0.25, 0.3) is 0 Å². The third kappa shape index (κ3) is 3.60. The minimum absolute atomic E-state index is 0.149. The summed E-state index contributed by atoms with van der Waals surface area (Å²) in [5, 5.41) is 3.18. The highest BCUT2D eigenvalue weighted by Gasteiger charge is 2.27. The van der Waals surface area contributed by atoms with Crippen LogP contribution >= 0.6 is 0 Å². The first-order valence-electron chi connectivity index (χ1n) is 7.05. The molecule has 4 nitrogen and oxygen atoms in total. The molecule has 1 saturated heterocycles. The highest BCUT2D eigenvalue weighted by atomic mass is 16.2. The number of nitrogens with one attached hydrogen (secondary N) is 1. The lowest BCUT2D eigenvalue weighted by Gasteiger charge is -2.26. The predicted octanol–water partition coefficient (Wildman–Crippen LogP) is 1.70. The Kier molecular flexibility index (Phi) is 4.66. The molecule has 0 aromatic carbocycles. The number of carbonyl (C=O) groups excluding carboxylic acids is 1. The van der Waals surface area contributed by atoms with Gasteiger partial charge >= 0.3 is 6.03 Å². The fraction of sp³-hybridized carbons (Fsp3) is 0.923. The summed E-state index contributed by atoms with van der Waals surface area (Å²) in [6.45, 7) is 2.54. The van der Waals surface area contributed by atoms with E-state index in [1.165, 1.54) is 19.3 Å². The second-order valence-corrected chi connectivity index (χ2v) is 5.46. The first kappa shape index (κ1) is 12.7. The number of hydrogen-bond acceptors (Lipinski definition) is 2. The summed E-state index contributed by atoms with van der Waals surface area (Å²) < 4.78 is 0. The average Bonchev–Trinajstić information content (AvgIpc) is 2.79. The van der Waals surface area contributed by atoms with Gasteiger partial charge in [-0.3, -0.25) is 0 Å². The molecule has 0 aromatic rings. The molecule has 0 radical (unpaired) electrons. The van der Waals surface area contributed by atoms with Gasteiger partial charge in [-0.05, 0) is 38.1 Å². The van der Waals surface area contributed by atoms with E-state index in [1.54, 1.807) is 0 Å². The summed E-state index contributed by atoms with van der Waals surface area (Å²) in [6.07, 6.45) is 8.34. The SMILES string of the molecule is NCCC1CCN(C(=O)NC2CCCCC2)C1. The number of nitrogens with zero attached hydrogens (tertiary/aromatic N) is 1. The summed E-state index contributed by atoms with van der Waals surface area (Å²) >= 11 is 0. The first-order chi connectivity index (χ1) is 8.29. The third-order valence-corrected chi connectivity index (χ3v) is 4.08. The average molecular weight is 239 g/mol. The number of amides is 2. The topological polar surface area (TPSA) is 58.4 Å². The summed E-state index contributed by atoms with van der Waals surface area (Å²) in [7, 11) is 0.